The SMILES string of the molecule is CCc1cc(C(F)(F)F)c2c(C3CCN(C(=O)C[C@@H](C)n4cccn4)CC3)noc2n1. The predicted octanol–water partition coefficient (Wildman–Crippen LogP) is 4.36. The van der Waals surface area contributed by atoms with E-state index in [9.17, 15) is 18.0 Å². The standard InChI is InChI=1S/C21H24F3N5O2/c1-3-15-12-16(21(22,23)24)18-19(27-31-20(18)26-15)14-5-9-28(10-6-14)17(30)11-13(2)29-8-4-7-25-29/h4,7-8,12-14H,3,5-6,9-11H2,1-2H3/t13-/m1/s1. The van der Waals surface area contributed by atoms with E-state index in [1.165, 1.54) is 0 Å². The lowest BCUT2D eigenvalue weighted by molar-refractivity contribution is -0.136. The number of pyridine rings is 1. The van der Waals surface area contributed by atoms with Crippen LogP contribution in [0, 0.1) is 0 Å². The second-order valence-corrected chi connectivity index (χ2v) is 7.95. The van der Waals surface area contributed by atoms with E-state index in [1.807, 2.05) is 19.2 Å². The van der Waals surface area contributed by atoms with E-state index in [2.05, 4.69) is 15.2 Å². The van der Waals surface area contributed by atoms with Crippen LogP contribution in [-0.4, -0.2) is 43.8 Å². The van der Waals surface area contributed by atoms with Crippen LogP contribution in [0.3, 0.4) is 0 Å². The monoisotopic (exact) mass is 435 g/mol. The van der Waals surface area contributed by atoms with E-state index >= 15 is 0 Å². The van der Waals surface area contributed by atoms with Gasteiger partial charge in [-0.3, -0.25) is 9.48 Å². The van der Waals surface area contributed by atoms with Crippen LogP contribution in [0.15, 0.2) is 29.0 Å². The zero-order chi connectivity index (χ0) is 22.2. The molecular formula is C21H24F3N5O2. The first-order valence-electron chi connectivity index (χ1n) is 10.4. The number of likely N-dealkylation sites (tertiary alicyclic amines) is 1. The molecule has 4 heterocycles. The average Bonchev–Trinajstić information content (AvgIpc) is 3.42. The third-order valence-corrected chi connectivity index (χ3v) is 5.87. The van der Waals surface area contributed by atoms with Gasteiger partial charge in [-0.2, -0.15) is 18.3 Å². The maximum Gasteiger partial charge on any atom is 0.417 e. The molecule has 1 atom stereocenters. The highest BCUT2D eigenvalue weighted by atomic mass is 19.4. The summed E-state index contributed by atoms with van der Waals surface area (Å²) < 4.78 is 48.1. The van der Waals surface area contributed by atoms with Crippen LogP contribution >= 0.6 is 0 Å². The minimum Gasteiger partial charge on any atom is -0.343 e. The number of carbonyl (C=O) groups is 1. The highest BCUT2D eigenvalue weighted by Gasteiger charge is 2.38. The van der Waals surface area contributed by atoms with Crippen molar-refractivity contribution < 1.29 is 22.5 Å². The zero-order valence-corrected chi connectivity index (χ0v) is 17.4. The largest absolute Gasteiger partial charge is 0.417 e. The fraction of sp³-hybridized carbons (Fsp3) is 0.524. The Hall–Kier alpha value is -2.91. The molecule has 10 heteroatoms. The Kier molecular flexibility index (Phi) is 5.72. The molecule has 3 aromatic rings. The number of nitrogens with zero attached hydrogens (tertiary/aromatic N) is 5. The van der Waals surface area contributed by atoms with Gasteiger partial charge in [0, 0.05) is 43.5 Å². The second kappa shape index (κ2) is 8.32. The summed E-state index contributed by atoms with van der Waals surface area (Å²) in [5, 5.41) is 8.07. The average molecular weight is 435 g/mol. The minimum absolute atomic E-state index is 0.0108. The summed E-state index contributed by atoms with van der Waals surface area (Å²) in [5.74, 6) is -0.207. The van der Waals surface area contributed by atoms with Crippen molar-refractivity contribution in [1.82, 2.24) is 24.8 Å². The first kappa shape index (κ1) is 21.3. The third-order valence-electron chi connectivity index (χ3n) is 5.87. The Morgan fingerprint density at radius 3 is 2.68 bits per heavy atom. The lowest BCUT2D eigenvalue weighted by Crippen LogP contribution is -2.38. The van der Waals surface area contributed by atoms with Gasteiger partial charge in [-0.05, 0) is 38.3 Å². The first-order valence-corrected chi connectivity index (χ1v) is 10.4. The summed E-state index contributed by atoms with van der Waals surface area (Å²) in [5.41, 5.74) is -0.228. The summed E-state index contributed by atoms with van der Waals surface area (Å²) >= 11 is 0. The highest BCUT2D eigenvalue weighted by molar-refractivity contribution is 5.82. The number of hydrogen-bond donors (Lipinski definition) is 0. The molecule has 4 rings (SSSR count). The van der Waals surface area contributed by atoms with Gasteiger partial charge in [0.2, 0.25) is 5.91 Å². The molecule has 0 aromatic carbocycles. The molecule has 1 saturated heterocycles. The van der Waals surface area contributed by atoms with Gasteiger partial charge in [0.15, 0.2) is 0 Å². The lowest BCUT2D eigenvalue weighted by atomic mass is 9.90. The molecule has 1 aliphatic heterocycles. The van der Waals surface area contributed by atoms with Crippen molar-refractivity contribution in [2.45, 2.75) is 57.7 Å². The van der Waals surface area contributed by atoms with Crippen LogP contribution in [0.4, 0.5) is 13.2 Å². The Labute approximate surface area is 177 Å². The van der Waals surface area contributed by atoms with Gasteiger partial charge in [0.25, 0.3) is 5.71 Å². The number of amides is 1. The van der Waals surface area contributed by atoms with Crippen molar-refractivity contribution >= 4 is 17.0 Å². The van der Waals surface area contributed by atoms with E-state index < -0.39 is 11.7 Å². The summed E-state index contributed by atoms with van der Waals surface area (Å²) in [7, 11) is 0. The van der Waals surface area contributed by atoms with Crippen molar-refractivity contribution in [2.24, 2.45) is 0 Å². The van der Waals surface area contributed by atoms with Crippen molar-refractivity contribution in [3.8, 4) is 0 Å². The number of aryl methyl sites for hydroxylation is 1. The molecule has 0 bridgehead atoms. The van der Waals surface area contributed by atoms with Crippen molar-refractivity contribution in [3.63, 3.8) is 0 Å². The molecule has 0 unspecified atom stereocenters. The fourth-order valence-corrected chi connectivity index (χ4v) is 4.13. The topological polar surface area (TPSA) is 77.0 Å². The molecule has 0 aliphatic carbocycles. The van der Waals surface area contributed by atoms with E-state index in [0.29, 0.717) is 44.5 Å². The van der Waals surface area contributed by atoms with Gasteiger partial charge in [-0.25, -0.2) is 4.98 Å². The normalized spacial score (nSPS) is 16.7. The summed E-state index contributed by atoms with van der Waals surface area (Å²) in [6, 6.07) is 2.83. The number of alkyl halides is 3. The molecule has 7 nitrogen and oxygen atoms in total. The summed E-state index contributed by atoms with van der Waals surface area (Å²) in [6.45, 7) is 4.60. The molecule has 1 amide bonds. The number of piperidine rings is 1. The zero-order valence-electron chi connectivity index (χ0n) is 17.4. The number of rotatable bonds is 5. The number of fused-ring (bicyclic) bond motifs is 1. The molecule has 3 aromatic heterocycles. The van der Waals surface area contributed by atoms with Crippen molar-refractivity contribution in [1.29, 1.82) is 0 Å². The van der Waals surface area contributed by atoms with Gasteiger partial charge >= 0.3 is 6.18 Å². The Bertz CT molecular complexity index is 1050. The molecule has 31 heavy (non-hydrogen) atoms. The van der Waals surface area contributed by atoms with Crippen LogP contribution < -0.4 is 0 Å². The minimum atomic E-state index is -4.52. The smallest absolute Gasteiger partial charge is 0.343 e. The van der Waals surface area contributed by atoms with Crippen LogP contribution in [0.2, 0.25) is 0 Å². The maximum atomic E-state index is 13.7. The van der Waals surface area contributed by atoms with Crippen LogP contribution in [0.25, 0.3) is 11.1 Å². The van der Waals surface area contributed by atoms with Crippen LogP contribution in [0.1, 0.15) is 62.0 Å². The second-order valence-electron chi connectivity index (χ2n) is 7.95. The third kappa shape index (κ3) is 4.28. The summed E-state index contributed by atoms with van der Waals surface area (Å²) in [6.07, 6.45) is 0.698. The van der Waals surface area contributed by atoms with E-state index in [-0.39, 0.29) is 34.7 Å². The van der Waals surface area contributed by atoms with E-state index in [4.69, 9.17) is 4.52 Å². The molecule has 166 valence electrons. The number of hydrogen-bond acceptors (Lipinski definition) is 5. The molecule has 0 saturated carbocycles. The molecule has 0 radical (unpaired) electrons. The molecular weight excluding hydrogens is 411 g/mol. The van der Waals surface area contributed by atoms with Gasteiger partial charge in [0.1, 0.15) is 0 Å². The molecule has 0 N–H and O–H groups in total. The van der Waals surface area contributed by atoms with Gasteiger partial charge in [0.05, 0.1) is 22.7 Å². The van der Waals surface area contributed by atoms with Crippen LogP contribution in [0.5, 0.6) is 0 Å². The number of carbonyl (C=O) groups excluding carboxylic acids is 1. The first-order chi connectivity index (χ1) is 14.8. The predicted molar refractivity (Wildman–Crippen MR) is 106 cm³/mol. The van der Waals surface area contributed by atoms with Gasteiger partial charge < -0.3 is 9.42 Å². The van der Waals surface area contributed by atoms with Crippen molar-refractivity contribution in [3.05, 3.63) is 41.5 Å². The lowest BCUT2D eigenvalue weighted by Gasteiger charge is -2.32. The van der Waals surface area contributed by atoms with Crippen molar-refractivity contribution in [2.75, 3.05) is 13.1 Å². The quantitative estimate of drug-likeness (QED) is 0.595. The highest BCUT2D eigenvalue weighted by Crippen LogP contribution is 2.40. The number of halogens is 3. The van der Waals surface area contributed by atoms with Crippen LogP contribution in [-0.2, 0) is 17.4 Å². The maximum absolute atomic E-state index is 13.7. The Balaban J connectivity index is 1.49. The van der Waals surface area contributed by atoms with E-state index in [1.54, 1.807) is 22.7 Å². The molecule has 0 spiro atoms. The summed E-state index contributed by atoms with van der Waals surface area (Å²) in [4.78, 5) is 18.6. The van der Waals surface area contributed by atoms with E-state index in [0.717, 1.165) is 6.07 Å². The van der Waals surface area contributed by atoms with Gasteiger partial charge in [-0.1, -0.05) is 12.1 Å². The Morgan fingerprint density at radius 1 is 1.32 bits per heavy atom. The fourth-order valence-electron chi connectivity index (χ4n) is 4.13. The van der Waals surface area contributed by atoms with Gasteiger partial charge in [-0.15, -0.1) is 0 Å². The number of aromatic nitrogens is 4. The molecule has 1 fully saturated rings. The Morgan fingerprint density at radius 2 is 2.06 bits per heavy atom. The molecule has 1 aliphatic rings.